The monoisotopic (exact) mass is 652 g/mol. The summed E-state index contributed by atoms with van der Waals surface area (Å²) in [5, 5.41) is 4.56. The van der Waals surface area contributed by atoms with Crippen LogP contribution in [0.2, 0.25) is 0 Å². The number of hydrogen-bond acceptors (Lipinski definition) is 7. The zero-order valence-corrected chi connectivity index (χ0v) is 26.2. The van der Waals surface area contributed by atoms with E-state index in [0.29, 0.717) is 51.6 Å². The van der Waals surface area contributed by atoms with Gasteiger partial charge in [-0.2, -0.15) is 18.3 Å². The SMILES string of the molecule is COc1cc2c(Oc3ccc(CC(=O)N/N=C(/C)c4ccc(C(F)(F)F)cc4)cc3F)ccnc2cc1OCCCN1CCCCC1. The highest BCUT2D eigenvalue weighted by atomic mass is 19.4. The van der Waals surface area contributed by atoms with E-state index >= 15 is 4.39 Å². The molecule has 12 heteroatoms. The third kappa shape index (κ3) is 8.97. The molecule has 1 fully saturated rings. The smallest absolute Gasteiger partial charge is 0.416 e. The average Bonchev–Trinajstić information content (AvgIpc) is 3.06. The van der Waals surface area contributed by atoms with Crippen molar-refractivity contribution in [1.29, 1.82) is 0 Å². The minimum absolute atomic E-state index is 0.0465. The number of piperidine rings is 1. The van der Waals surface area contributed by atoms with Gasteiger partial charge in [-0.05, 0) is 86.8 Å². The first-order valence-electron chi connectivity index (χ1n) is 15.4. The van der Waals surface area contributed by atoms with E-state index in [1.807, 2.05) is 0 Å². The van der Waals surface area contributed by atoms with Crippen LogP contribution in [-0.2, 0) is 17.4 Å². The zero-order chi connectivity index (χ0) is 33.4. The Balaban J connectivity index is 1.20. The van der Waals surface area contributed by atoms with Crippen molar-refractivity contribution in [3.05, 3.63) is 89.4 Å². The van der Waals surface area contributed by atoms with Crippen molar-refractivity contribution >= 4 is 22.5 Å². The maximum Gasteiger partial charge on any atom is 0.416 e. The molecule has 3 aromatic carbocycles. The van der Waals surface area contributed by atoms with Gasteiger partial charge in [-0.15, -0.1) is 0 Å². The van der Waals surface area contributed by atoms with E-state index in [2.05, 4.69) is 20.4 Å². The molecule has 1 N–H and O–H groups in total. The van der Waals surface area contributed by atoms with Gasteiger partial charge in [0, 0.05) is 24.2 Å². The first kappa shape index (κ1) is 33.6. The highest BCUT2D eigenvalue weighted by Gasteiger charge is 2.30. The van der Waals surface area contributed by atoms with Crippen LogP contribution in [0.3, 0.4) is 0 Å². The van der Waals surface area contributed by atoms with Crippen LogP contribution in [0.25, 0.3) is 10.9 Å². The lowest BCUT2D eigenvalue weighted by Crippen LogP contribution is -2.31. The van der Waals surface area contributed by atoms with Gasteiger partial charge in [0.1, 0.15) is 5.75 Å². The van der Waals surface area contributed by atoms with E-state index in [4.69, 9.17) is 14.2 Å². The number of benzene rings is 3. The van der Waals surface area contributed by atoms with Gasteiger partial charge in [0.2, 0.25) is 5.91 Å². The molecule has 5 rings (SSSR count). The molecular formula is C35H36F4N4O4. The number of amides is 1. The molecule has 1 aliphatic heterocycles. The predicted octanol–water partition coefficient (Wildman–Crippen LogP) is 7.53. The van der Waals surface area contributed by atoms with E-state index in [9.17, 15) is 18.0 Å². The molecule has 47 heavy (non-hydrogen) atoms. The van der Waals surface area contributed by atoms with Crippen molar-refractivity contribution in [3.8, 4) is 23.0 Å². The highest BCUT2D eigenvalue weighted by Crippen LogP contribution is 2.38. The maximum absolute atomic E-state index is 15.1. The molecule has 0 saturated carbocycles. The Labute approximate surface area is 270 Å². The summed E-state index contributed by atoms with van der Waals surface area (Å²) in [6.45, 7) is 5.35. The Morgan fingerprint density at radius 3 is 2.43 bits per heavy atom. The third-order valence-electron chi connectivity index (χ3n) is 7.87. The van der Waals surface area contributed by atoms with Gasteiger partial charge in [0.25, 0.3) is 0 Å². The van der Waals surface area contributed by atoms with Crippen molar-refractivity contribution in [2.24, 2.45) is 5.10 Å². The lowest BCUT2D eigenvalue weighted by atomic mass is 10.1. The van der Waals surface area contributed by atoms with Crippen LogP contribution in [-0.4, -0.2) is 54.9 Å². The minimum Gasteiger partial charge on any atom is -0.493 e. The van der Waals surface area contributed by atoms with Crippen LogP contribution < -0.4 is 19.6 Å². The fraction of sp³-hybridized carbons (Fsp3) is 0.343. The Kier molecular flexibility index (Phi) is 10.9. The first-order chi connectivity index (χ1) is 22.6. The second-order valence-corrected chi connectivity index (χ2v) is 11.3. The molecule has 0 aliphatic carbocycles. The van der Waals surface area contributed by atoms with Gasteiger partial charge >= 0.3 is 6.18 Å². The van der Waals surface area contributed by atoms with Crippen LogP contribution in [0.15, 0.2) is 72.0 Å². The number of fused-ring (bicyclic) bond motifs is 1. The van der Waals surface area contributed by atoms with Crippen LogP contribution in [0.1, 0.15) is 49.3 Å². The van der Waals surface area contributed by atoms with Crippen LogP contribution in [0.4, 0.5) is 17.6 Å². The molecule has 0 spiro atoms. The van der Waals surface area contributed by atoms with Gasteiger partial charge in [0.15, 0.2) is 23.1 Å². The summed E-state index contributed by atoms with van der Waals surface area (Å²) >= 11 is 0. The van der Waals surface area contributed by atoms with Crippen molar-refractivity contribution in [1.82, 2.24) is 15.3 Å². The second-order valence-electron chi connectivity index (χ2n) is 11.3. The maximum atomic E-state index is 15.1. The summed E-state index contributed by atoms with van der Waals surface area (Å²) in [6.07, 6.45) is 1.62. The van der Waals surface area contributed by atoms with Crippen LogP contribution in [0, 0.1) is 5.82 Å². The number of carbonyl (C=O) groups is 1. The predicted molar refractivity (Wildman–Crippen MR) is 171 cm³/mol. The Hall–Kier alpha value is -4.71. The number of aromatic nitrogens is 1. The molecule has 1 saturated heterocycles. The first-order valence-corrected chi connectivity index (χ1v) is 15.4. The number of hydrazone groups is 1. The number of carbonyl (C=O) groups excluding carboxylic acids is 1. The Morgan fingerprint density at radius 1 is 0.957 bits per heavy atom. The van der Waals surface area contributed by atoms with Gasteiger partial charge in [0.05, 0.1) is 36.9 Å². The lowest BCUT2D eigenvalue weighted by molar-refractivity contribution is -0.137. The van der Waals surface area contributed by atoms with Gasteiger partial charge in [-0.25, -0.2) is 9.82 Å². The van der Waals surface area contributed by atoms with E-state index < -0.39 is 23.5 Å². The standard InChI is InChI=1S/C35H36F4N4O4/c1-23(25-8-10-26(11-9-25)35(37,38)39)41-42-34(44)20-24-7-12-31(28(36)19-24)47-30-13-14-40-29-22-33(32(45-2)21-27(29)30)46-18-6-17-43-15-4-3-5-16-43/h7-14,19,21-22H,3-6,15-18,20H2,1-2H3,(H,42,44)/b41-23-. The normalized spacial score (nSPS) is 14.2. The molecule has 0 atom stereocenters. The number of halogens is 4. The van der Waals surface area contributed by atoms with E-state index in [-0.39, 0.29) is 12.2 Å². The molecule has 248 valence electrons. The molecule has 1 aromatic heterocycles. The minimum atomic E-state index is -4.45. The Morgan fingerprint density at radius 2 is 1.72 bits per heavy atom. The fourth-order valence-corrected chi connectivity index (χ4v) is 5.33. The zero-order valence-electron chi connectivity index (χ0n) is 26.2. The third-order valence-corrected chi connectivity index (χ3v) is 7.87. The largest absolute Gasteiger partial charge is 0.493 e. The molecule has 8 nitrogen and oxygen atoms in total. The lowest BCUT2D eigenvalue weighted by Gasteiger charge is -2.26. The summed E-state index contributed by atoms with van der Waals surface area (Å²) in [6, 6.07) is 13.8. The summed E-state index contributed by atoms with van der Waals surface area (Å²) in [7, 11) is 1.55. The number of methoxy groups -OCH3 is 1. The summed E-state index contributed by atoms with van der Waals surface area (Å²) in [5.74, 6) is 0.186. The van der Waals surface area contributed by atoms with Gasteiger partial charge in [-0.1, -0.05) is 24.6 Å². The fourth-order valence-electron chi connectivity index (χ4n) is 5.33. The number of rotatable bonds is 12. The number of pyridine rings is 1. The van der Waals surface area contributed by atoms with Crippen molar-refractivity contribution < 1.29 is 36.6 Å². The molecule has 0 unspecified atom stereocenters. The number of alkyl halides is 3. The molecular weight excluding hydrogens is 616 g/mol. The number of nitrogens with one attached hydrogen (secondary N) is 1. The number of hydrogen-bond donors (Lipinski definition) is 1. The van der Waals surface area contributed by atoms with Crippen molar-refractivity contribution in [2.75, 3.05) is 33.4 Å². The van der Waals surface area contributed by atoms with E-state index in [0.717, 1.165) is 38.2 Å². The van der Waals surface area contributed by atoms with Crippen LogP contribution in [0.5, 0.6) is 23.0 Å². The second kappa shape index (κ2) is 15.3. The number of ether oxygens (including phenoxy) is 3. The van der Waals surface area contributed by atoms with E-state index in [1.54, 1.807) is 44.5 Å². The summed E-state index contributed by atoms with van der Waals surface area (Å²) in [5.41, 5.74) is 3.27. The van der Waals surface area contributed by atoms with Gasteiger partial charge < -0.3 is 19.1 Å². The molecule has 1 aliphatic rings. The van der Waals surface area contributed by atoms with Gasteiger partial charge in [-0.3, -0.25) is 9.78 Å². The number of nitrogens with zero attached hydrogens (tertiary/aromatic N) is 3. The molecule has 1 amide bonds. The van der Waals surface area contributed by atoms with Crippen LogP contribution >= 0.6 is 0 Å². The quantitative estimate of drug-likeness (QED) is 0.0737. The van der Waals surface area contributed by atoms with Crippen molar-refractivity contribution in [3.63, 3.8) is 0 Å². The van der Waals surface area contributed by atoms with E-state index in [1.165, 1.54) is 43.5 Å². The average molecular weight is 653 g/mol. The molecule has 0 bridgehead atoms. The highest BCUT2D eigenvalue weighted by molar-refractivity contribution is 5.99. The molecule has 0 radical (unpaired) electrons. The van der Waals surface area contributed by atoms with Crippen molar-refractivity contribution in [2.45, 2.75) is 45.2 Å². The summed E-state index contributed by atoms with van der Waals surface area (Å²) < 4.78 is 71.1. The topological polar surface area (TPSA) is 85.3 Å². The molecule has 2 heterocycles. The number of likely N-dealkylation sites (tertiary alicyclic amines) is 1. The Bertz CT molecular complexity index is 1720. The summed E-state index contributed by atoms with van der Waals surface area (Å²) in [4.78, 5) is 19.4. The molecule has 4 aromatic rings.